The van der Waals surface area contributed by atoms with Crippen molar-refractivity contribution in [2.24, 2.45) is 4.99 Å². The van der Waals surface area contributed by atoms with Crippen LogP contribution in [0.2, 0.25) is 0 Å². The van der Waals surface area contributed by atoms with Crippen LogP contribution in [0.4, 0.5) is 5.69 Å². The first kappa shape index (κ1) is 14.1. The zero-order valence-electron chi connectivity index (χ0n) is 12.1. The van der Waals surface area contributed by atoms with Crippen LogP contribution in [0, 0.1) is 16.7 Å². The van der Waals surface area contributed by atoms with Crippen molar-refractivity contribution in [3.05, 3.63) is 70.6 Å². The Morgan fingerprint density at radius 3 is 2.83 bits per heavy atom. The number of aromatic nitrogens is 2. The third-order valence-electron chi connectivity index (χ3n) is 3.73. The first-order valence-corrected chi connectivity index (χ1v) is 8.13. The van der Waals surface area contributed by atoms with E-state index in [0.717, 1.165) is 27.4 Å². The summed E-state index contributed by atoms with van der Waals surface area (Å²) >= 11 is 1.62. The Morgan fingerprint density at radius 1 is 1.30 bits per heavy atom. The van der Waals surface area contributed by atoms with Crippen LogP contribution < -0.4 is 0 Å². The summed E-state index contributed by atoms with van der Waals surface area (Å²) in [5.41, 5.74) is 2.39. The molecular weight excluding hydrogens is 312 g/mol. The van der Waals surface area contributed by atoms with Crippen LogP contribution in [-0.4, -0.2) is 25.3 Å². The lowest BCUT2D eigenvalue weighted by molar-refractivity contribution is -0.383. The number of fused-ring (bicyclic) bond motifs is 1. The summed E-state index contributed by atoms with van der Waals surface area (Å²) in [7, 11) is 0. The average Bonchev–Trinajstić information content (AvgIpc) is 3.27. The molecule has 3 aromatic rings. The first-order valence-electron chi connectivity index (χ1n) is 7.14. The maximum Gasteiger partial charge on any atom is 0.293 e. The number of benzene rings is 1. The van der Waals surface area contributed by atoms with Gasteiger partial charge in [-0.1, -0.05) is 0 Å². The van der Waals surface area contributed by atoms with Gasteiger partial charge in [0.05, 0.1) is 17.2 Å². The number of aromatic amines is 1. The molecule has 3 heterocycles. The Morgan fingerprint density at radius 2 is 2.13 bits per heavy atom. The fourth-order valence-corrected chi connectivity index (χ4v) is 3.46. The van der Waals surface area contributed by atoms with Gasteiger partial charge in [0, 0.05) is 36.1 Å². The van der Waals surface area contributed by atoms with Gasteiger partial charge in [-0.25, -0.2) is 0 Å². The molecule has 0 saturated heterocycles. The number of hydrogen-bond acceptors (Lipinski definition) is 4. The highest BCUT2D eigenvalue weighted by Crippen LogP contribution is 2.30. The molecule has 0 unspecified atom stereocenters. The number of nitro benzene ring substituents is 1. The van der Waals surface area contributed by atoms with Crippen LogP contribution in [-0.2, 0) is 6.54 Å². The molecule has 0 aliphatic carbocycles. The highest BCUT2D eigenvalue weighted by molar-refractivity contribution is 8.14. The quantitative estimate of drug-likeness (QED) is 0.588. The van der Waals surface area contributed by atoms with Crippen molar-refractivity contribution >= 4 is 33.4 Å². The maximum absolute atomic E-state index is 11.4. The van der Waals surface area contributed by atoms with Crippen LogP contribution in [0.5, 0.6) is 0 Å². The van der Waals surface area contributed by atoms with Gasteiger partial charge in [-0.05, 0) is 29.8 Å². The van der Waals surface area contributed by atoms with Crippen LogP contribution in [0.15, 0.2) is 47.7 Å². The number of nitrogens with one attached hydrogen (secondary N) is 1. The van der Waals surface area contributed by atoms with E-state index in [0.29, 0.717) is 12.1 Å². The van der Waals surface area contributed by atoms with Gasteiger partial charge in [0.2, 0.25) is 0 Å². The van der Waals surface area contributed by atoms with Crippen molar-refractivity contribution < 1.29 is 4.92 Å². The summed E-state index contributed by atoms with van der Waals surface area (Å²) < 4.78 is 1.99. The normalized spacial score (nSPS) is 14.3. The molecule has 7 heteroatoms. The summed E-state index contributed by atoms with van der Waals surface area (Å²) in [5, 5.41) is 13.2. The molecule has 1 N–H and O–H groups in total. The molecule has 115 valence electrons. The Balaban J connectivity index is 1.82. The van der Waals surface area contributed by atoms with Gasteiger partial charge in [0.25, 0.3) is 5.69 Å². The van der Waals surface area contributed by atoms with Gasteiger partial charge in [-0.15, -0.1) is 11.8 Å². The van der Waals surface area contributed by atoms with Gasteiger partial charge in [-0.3, -0.25) is 15.1 Å². The zero-order chi connectivity index (χ0) is 15.8. The summed E-state index contributed by atoms with van der Waals surface area (Å²) in [4.78, 5) is 18.6. The fourth-order valence-electron chi connectivity index (χ4n) is 2.74. The number of non-ortho nitro benzene ring substituents is 1. The lowest BCUT2D eigenvalue weighted by Gasteiger charge is -2.04. The molecule has 0 bridgehead atoms. The Kier molecular flexibility index (Phi) is 3.42. The molecule has 1 aromatic carbocycles. The molecule has 0 fully saturated rings. The minimum absolute atomic E-state index is 0.100. The summed E-state index contributed by atoms with van der Waals surface area (Å²) in [6, 6.07) is 9.44. The number of aliphatic imine (C=N–C) groups is 1. The second-order valence-corrected chi connectivity index (χ2v) is 6.31. The van der Waals surface area contributed by atoms with Crippen molar-refractivity contribution in [2.45, 2.75) is 6.54 Å². The second kappa shape index (κ2) is 5.58. The van der Waals surface area contributed by atoms with Gasteiger partial charge in [-0.2, -0.15) is 0 Å². The average molecular weight is 325 g/mol. The van der Waals surface area contributed by atoms with E-state index in [2.05, 4.69) is 9.98 Å². The van der Waals surface area contributed by atoms with Crippen molar-refractivity contribution in [3.8, 4) is 0 Å². The van der Waals surface area contributed by atoms with E-state index in [4.69, 9.17) is 0 Å². The Labute approximate surface area is 136 Å². The van der Waals surface area contributed by atoms with E-state index < -0.39 is 0 Å². The molecule has 1 aliphatic heterocycles. The fraction of sp³-hybridized carbons (Fsp3) is 0.125. The van der Waals surface area contributed by atoms with Crippen LogP contribution in [0.3, 0.4) is 0 Å². The van der Waals surface area contributed by atoms with Crippen molar-refractivity contribution in [3.63, 3.8) is 0 Å². The van der Waals surface area contributed by atoms with E-state index in [1.807, 2.05) is 47.8 Å². The molecule has 2 aromatic heterocycles. The van der Waals surface area contributed by atoms with Crippen LogP contribution in [0.25, 0.3) is 10.9 Å². The smallest absolute Gasteiger partial charge is 0.293 e. The van der Waals surface area contributed by atoms with E-state index in [-0.39, 0.29) is 10.6 Å². The molecule has 4 rings (SSSR count). The second-order valence-electron chi connectivity index (χ2n) is 5.30. The van der Waals surface area contributed by atoms with Crippen LogP contribution in [0.1, 0.15) is 11.3 Å². The predicted molar refractivity (Wildman–Crippen MR) is 91.8 cm³/mol. The third kappa shape index (κ3) is 2.63. The summed E-state index contributed by atoms with van der Waals surface area (Å²) in [6.45, 7) is 2.45. The lowest BCUT2D eigenvalue weighted by Crippen LogP contribution is -1.98. The van der Waals surface area contributed by atoms with Gasteiger partial charge < -0.3 is 9.55 Å². The largest absolute Gasteiger partial charge is 0.350 e. The molecule has 23 heavy (non-hydrogen) atoms. The maximum atomic E-state index is 11.4. The highest BCUT2D eigenvalue weighted by atomic mass is 32.2. The minimum Gasteiger partial charge on any atom is -0.350 e. The van der Waals surface area contributed by atoms with E-state index in [1.165, 1.54) is 0 Å². The summed E-state index contributed by atoms with van der Waals surface area (Å²) in [5.74, 6) is 0.839. The highest BCUT2D eigenvalue weighted by Gasteiger charge is 2.19. The van der Waals surface area contributed by atoms with Crippen molar-refractivity contribution in [1.29, 1.82) is 0 Å². The zero-order valence-corrected chi connectivity index (χ0v) is 12.9. The Hall–Kier alpha value is -2.54. The summed E-state index contributed by atoms with van der Waals surface area (Å²) in [6.07, 6.45) is 3.89. The van der Waals surface area contributed by atoms with E-state index in [1.54, 1.807) is 17.8 Å². The van der Waals surface area contributed by atoms with E-state index >= 15 is 0 Å². The van der Waals surface area contributed by atoms with Gasteiger partial charge in [0.15, 0.2) is 0 Å². The predicted octanol–water partition coefficient (Wildman–Crippen LogP) is 3.58. The number of H-pyrrole nitrogens is 1. The van der Waals surface area contributed by atoms with Gasteiger partial charge >= 0.3 is 0 Å². The lowest BCUT2D eigenvalue weighted by atomic mass is 10.1. The SMILES string of the molecule is O=[N+]([O-])c1cc(Cn2cccc2)cc2cc(C3=N[CH]CS3)[nH]c12. The molecule has 0 atom stereocenters. The van der Waals surface area contributed by atoms with Gasteiger partial charge in [0.1, 0.15) is 10.6 Å². The molecule has 1 radical (unpaired) electrons. The number of thioether (sulfide) groups is 1. The third-order valence-corrected chi connectivity index (χ3v) is 4.64. The Bertz CT molecular complexity index is 912. The number of hydrogen-bond donors (Lipinski definition) is 1. The molecular formula is C16H13N4O2S. The number of rotatable bonds is 4. The molecule has 0 spiro atoms. The first-order chi connectivity index (χ1) is 11.2. The monoisotopic (exact) mass is 325 g/mol. The minimum atomic E-state index is -0.336. The standard InChI is InChI=1S/C16H13N4O2S/c21-20(22)14-8-11(10-19-4-1-2-5-19)7-12-9-13(18-15(12)14)16-17-3-6-23-16/h1-5,7-9,18H,6,10H2. The topological polar surface area (TPSA) is 76.2 Å². The van der Waals surface area contributed by atoms with Crippen molar-refractivity contribution in [2.75, 3.05) is 5.75 Å². The molecule has 0 amide bonds. The number of nitrogens with zero attached hydrogens (tertiary/aromatic N) is 3. The molecule has 6 nitrogen and oxygen atoms in total. The molecule has 1 aliphatic rings. The molecule has 0 saturated carbocycles. The van der Waals surface area contributed by atoms with E-state index in [9.17, 15) is 10.1 Å². The van der Waals surface area contributed by atoms with Crippen LogP contribution >= 0.6 is 11.8 Å². The van der Waals surface area contributed by atoms with Crippen molar-refractivity contribution in [1.82, 2.24) is 9.55 Å². The number of nitro groups is 1.